The molecule has 1 N–H and O–H groups in total. The highest BCUT2D eigenvalue weighted by molar-refractivity contribution is 5.77. The summed E-state index contributed by atoms with van der Waals surface area (Å²) in [6.07, 6.45) is 3.40. The van der Waals surface area contributed by atoms with E-state index in [1.165, 1.54) is 0 Å². The van der Waals surface area contributed by atoms with E-state index < -0.39 is 0 Å². The second-order valence-corrected chi connectivity index (χ2v) is 4.26. The zero-order valence-corrected chi connectivity index (χ0v) is 10.9. The van der Waals surface area contributed by atoms with Gasteiger partial charge in [0.1, 0.15) is 12.4 Å². The number of hydrogen-bond donors (Lipinski definition) is 1. The van der Waals surface area contributed by atoms with Gasteiger partial charge < -0.3 is 14.6 Å². The Morgan fingerprint density at radius 3 is 2.84 bits per heavy atom. The first-order chi connectivity index (χ1) is 9.25. The molecule has 1 heterocycles. The van der Waals surface area contributed by atoms with Crippen molar-refractivity contribution in [1.29, 1.82) is 0 Å². The van der Waals surface area contributed by atoms with Crippen molar-refractivity contribution in [3.05, 3.63) is 54.1 Å². The number of carbonyl (C=O) groups excluding carboxylic acids is 1. The number of ether oxygens (including phenoxy) is 1. The molecule has 100 valence electrons. The number of nitrogens with one attached hydrogen (secondary N) is 1. The van der Waals surface area contributed by atoms with Gasteiger partial charge >= 0.3 is 0 Å². The molecule has 5 nitrogen and oxygen atoms in total. The summed E-state index contributed by atoms with van der Waals surface area (Å²) in [5.74, 6) is 0.700. The third-order valence-corrected chi connectivity index (χ3v) is 2.70. The van der Waals surface area contributed by atoms with E-state index in [9.17, 15) is 4.79 Å². The van der Waals surface area contributed by atoms with E-state index in [4.69, 9.17) is 4.74 Å². The Kier molecular flexibility index (Phi) is 4.69. The Morgan fingerprint density at radius 1 is 1.37 bits per heavy atom. The molecular weight excluding hydrogens is 242 g/mol. The number of carbonyl (C=O) groups is 1. The smallest absolute Gasteiger partial charge is 0.248 e. The normalized spacial score (nSPS) is 10.4. The average molecular weight is 259 g/mol. The van der Waals surface area contributed by atoms with Gasteiger partial charge in [-0.05, 0) is 5.56 Å². The van der Waals surface area contributed by atoms with Gasteiger partial charge in [-0.2, -0.15) is 0 Å². The predicted octanol–water partition coefficient (Wildman–Crippen LogP) is 1.58. The van der Waals surface area contributed by atoms with Crippen molar-refractivity contribution in [2.24, 2.45) is 0 Å². The van der Waals surface area contributed by atoms with Crippen LogP contribution in [0.1, 0.15) is 11.4 Å². The van der Waals surface area contributed by atoms with Gasteiger partial charge in [0, 0.05) is 19.4 Å². The van der Waals surface area contributed by atoms with Crippen LogP contribution in [0, 0.1) is 0 Å². The van der Waals surface area contributed by atoms with E-state index in [0.717, 1.165) is 11.4 Å². The van der Waals surface area contributed by atoms with Crippen molar-refractivity contribution in [3.8, 4) is 0 Å². The Labute approximate surface area is 112 Å². The first kappa shape index (κ1) is 13.3. The van der Waals surface area contributed by atoms with Crippen molar-refractivity contribution in [3.63, 3.8) is 0 Å². The van der Waals surface area contributed by atoms with Crippen molar-refractivity contribution in [1.82, 2.24) is 14.9 Å². The first-order valence-corrected chi connectivity index (χ1v) is 6.09. The molecule has 1 amide bonds. The molecule has 0 aliphatic carbocycles. The predicted molar refractivity (Wildman–Crippen MR) is 71.2 cm³/mol. The van der Waals surface area contributed by atoms with Gasteiger partial charge in [-0.1, -0.05) is 30.3 Å². The summed E-state index contributed by atoms with van der Waals surface area (Å²) in [5.41, 5.74) is 1.06. The number of nitrogens with zero attached hydrogens (tertiary/aromatic N) is 2. The molecule has 19 heavy (non-hydrogen) atoms. The van der Waals surface area contributed by atoms with Crippen LogP contribution in [-0.4, -0.2) is 34.4 Å². The van der Waals surface area contributed by atoms with Gasteiger partial charge in [0.2, 0.25) is 5.91 Å². The van der Waals surface area contributed by atoms with Gasteiger partial charge in [0.05, 0.1) is 13.2 Å². The Bertz CT molecular complexity index is 497. The maximum Gasteiger partial charge on any atom is 0.248 e. The lowest BCUT2D eigenvalue weighted by Gasteiger charge is -2.15. The minimum Gasteiger partial charge on any atom is -0.367 e. The molecule has 0 spiro atoms. The summed E-state index contributed by atoms with van der Waals surface area (Å²) >= 11 is 0. The average Bonchev–Trinajstić information content (AvgIpc) is 2.92. The Balaban J connectivity index is 1.72. The molecule has 0 aliphatic heterocycles. The van der Waals surface area contributed by atoms with Gasteiger partial charge in [-0.15, -0.1) is 0 Å². The van der Waals surface area contributed by atoms with E-state index in [2.05, 4.69) is 9.97 Å². The zero-order chi connectivity index (χ0) is 13.5. The molecule has 1 aromatic carbocycles. The van der Waals surface area contributed by atoms with Gasteiger partial charge in [-0.25, -0.2) is 4.98 Å². The van der Waals surface area contributed by atoms with Gasteiger partial charge in [-0.3, -0.25) is 4.79 Å². The molecule has 5 heteroatoms. The second kappa shape index (κ2) is 6.70. The number of benzene rings is 1. The Hall–Kier alpha value is -2.14. The fourth-order valence-corrected chi connectivity index (χ4v) is 1.64. The Morgan fingerprint density at radius 2 is 2.16 bits per heavy atom. The van der Waals surface area contributed by atoms with Gasteiger partial charge in [0.25, 0.3) is 0 Å². The lowest BCUT2D eigenvalue weighted by atomic mass is 10.2. The van der Waals surface area contributed by atoms with Crippen molar-refractivity contribution >= 4 is 5.91 Å². The molecule has 0 saturated carbocycles. The van der Waals surface area contributed by atoms with E-state index in [1.807, 2.05) is 30.3 Å². The van der Waals surface area contributed by atoms with Crippen LogP contribution in [0.25, 0.3) is 0 Å². The highest BCUT2D eigenvalue weighted by Crippen LogP contribution is 2.01. The van der Waals surface area contributed by atoms with Crippen LogP contribution >= 0.6 is 0 Å². The summed E-state index contributed by atoms with van der Waals surface area (Å²) in [6.45, 7) is 0.980. The molecule has 1 aromatic heterocycles. The minimum absolute atomic E-state index is 0.0627. The largest absolute Gasteiger partial charge is 0.367 e. The highest BCUT2D eigenvalue weighted by atomic mass is 16.5. The summed E-state index contributed by atoms with van der Waals surface area (Å²) in [7, 11) is 1.73. The second-order valence-electron chi connectivity index (χ2n) is 4.26. The van der Waals surface area contributed by atoms with Crippen LogP contribution in [0.15, 0.2) is 42.7 Å². The first-order valence-electron chi connectivity index (χ1n) is 6.09. The molecule has 0 radical (unpaired) electrons. The number of imidazole rings is 1. The summed E-state index contributed by atoms with van der Waals surface area (Å²) in [6, 6.07) is 9.78. The van der Waals surface area contributed by atoms with Crippen molar-refractivity contribution in [2.45, 2.75) is 13.2 Å². The fraction of sp³-hybridized carbons (Fsp3) is 0.286. The number of H-pyrrole nitrogens is 1. The molecule has 0 saturated heterocycles. The highest BCUT2D eigenvalue weighted by Gasteiger charge is 2.10. The van der Waals surface area contributed by atoms with Crippen LogP contribution in [0.4, 0.5) is 0 Å². The van der Waals surface area contributed by atoms with E-state index >= 15 is 0 Å². The number of amides is 1. The SMILES string of the molecule is CN(Cc1ncc[nH]1)C(=O)COCc1ccccc1. The summed E-state index contributed by atoms with van der Waals surface area (Å²) in [4.78, 5) is 20.4. The van der Waals surface area contributed by atoms with E-state index in [1.54, 1.807) is 24.3 Å². The lowest BCUT2D eigenvalue weighted by Crippen LogP contribution is -2.30. The third-order valence-electron chi connectivity index (χ3n) is 2.70. The standard InChI is InChI=1S/C14H17N3O2/c1-17(9-13-15-7-8-16-13)14(18)11-19-10-12-5-3-2-4-6-12/h2-8H,9-11H2,1H3,(H,15,16). The van der Waals surface area contributed by atoms with Crippen LogP contribution in [0.5, 0.6) is 0 Å². The zero-order valence-electron chi connectivity index (χ0n) is 10.9. The molecule has 0 fully saturated rings. The van der Waals surface area contributed by atoms with E-state index in [0.29, 0.717) is 13.2 Å². The molecule has 2 rings (SSSR count). The molecule has 0 bridgehead atoms. The number of likely N-dealkylation sites (N-methyl/N-ethyl adjacent to an activating group) is 1. The van der Waals surface area contributed by atoms with Crippen LogP contribution in [0.3, 0.4) is 0 Å². The number of hydrogen-bond acceptors (Lipinski definition) is 3. The monoisotopic (exact) mass is 259 g/mol. The third kappa shape index (κ3) is 4.22. The van der Waals surface area contributed by atoms with Crippen LogP contribution in [-0.2, 0) is 22.7 Å². The maximum atomic E-state index is 11.8. The van der Waals surface area contributed by atoms with Crippen LogP contribution in [0.2, 0.25) is 0 Å². The number of aromatic amines is 1. The topological polar surface area (TPSA) is 58.2 Å². The lowest BCUT2D eigenvalue weighted by molar-refractivity contribution is -0.135. The van der Waals surface area contributed by atoms with Crippen molar-refractivity contribution in [2.75, 3.05) is 13.7 Å². The van der Waals surface area contributed by atoms with Crippen LogP contribution < -0.4 is 0 Å². The quantitative estimate of drug-likeness (QED) is 0.857. The molecular formula is C14H17N3O2. The summed E-state index contributed by atoms with van der Waals surface area (Å²) < 4.78 is 5.40. The maximum absolute atomic E-state index is 11.8. The number of aromatic nitrogens is 2. The van der Waals surface area contributed by atoms with Crippen molar-refractivity contribution < 1.29 is 9.53 Å². The molecule has 0 unspecified atom stereocenters. The molecule has 0 atom stereocenters. The molecule has 2 aromatic rings. The van der Waals surface area contributed by atoms with E-state index in [-0.39, 0.29) is 12.5 Å². The fourth-order valence-electron chi connectivity index (χ4n) is 1.64. The summed E-state index contributed by atoms with van der Waals surface area (Å²) in [5, 5.41) is 0. The molecule has 0 aliphatic rings. The minimum atomic E-state index is -0.0627. The number of rotatable bonds is 6. The van der Waals surface area contributed by atoms with Gasteiger partial charge in [0.15, 0.2) is 0 Å².